The second-order valence-corrected chi connectivity index (χ2v) is 4.79. The molecular formula is C17H17N3. The van der Waals surface area contributed by atoms with E-state index in [1.807, 2.05) is 42.6 Å². The number of hydrogen-bond donors (Lipinski definition) is 2. The van der Waals surface area contributed by atoms with Crippen molar-refractivity contribution < 1.29 is 0 Å². The molecule has 0 saturated heterocycles. The van der Waals surface area contributed by atoms with Crippen LogP contribution < -0.4 is 10.9 Å². The quantitative estimate of drug-likeness (QED) is 0.705. The first-order valence-corrected chi connectivity index (χ1v) is 6.72. The summed E-state index contributed by atoms with van der Waals surface area (Å²) in [7, 11) is 0. The van der Waals surface area contributed by atoms with Crippen LogP contribution in [0.2, 0.25) is 0 Å². The molecule has 100 valence electrons. The van der Waals surface area contributed by atoms with Gasteiger partial charge < -0.3 is 5.43 Å². The van der Waals surface area contributed by atoms with Crippen molar-refractivity contribution in [1.82, 2.24) is 10.4 Å². The second-order valence-electron chi connectivity index (χ2n) is 4.79. The highest BCUT2D eigenvalue weighted by Gasteiger charge is 2.03. The molecule has 0 aliphatic carbocycles. The maximum atomic E-state index is 4.46. The van der Waals surface area contributed by atoms with Crippen LogP contribution in [0.5, 0.6) is 0 Å². The van der Waals surface area contributed by atoms with Crippen LogP contribution in [-0.4, -0.2) is 4.98 Å². The van der Waals surface area contributed by atoms with Crippen molar-refractivity contribution in [2.24, 2.45) is 0 Å². The van der Waals surface area contributed by atoms with Gasteiger partial charge in [-0.15, -0.1) is 0 Å². The summed E-state index contributed by atoms with van der Waals surface area (Å²) in [6, 6.07) is 18.5. The van der Waals surface area contributed by atoms with Gasteiger partial charge in [-0.1, -0.05) is 36.4 Å². The number of pyridine rings is 1. The molecule has 0 aliphatic heterocycles. The fraction of sp³-hybridized carbons (Fsp3) is 0.118. The second kappa shape index (κ2) is 5.72. The van der Waals surface area contributed by atoms with Gasteiger partial charge in [-0.25, -0.2) is 5.43 Å². The van der Waals surface area contributed by atoms with Gasteiger partial charge in [0, 0.05) is 23.8 Å². The number of aryl methyl sites for hydroxylation is 1. The summed E-state index contributed by atoms with van der Waals surface area (Å²) in [5.74, 6) is 0. The van der Waals surface area contributed by atoms with Gasteiger partial charge in [-0.05, 0) is 36.2 Å². The Morgan fingerprint density at radius 2 is 1.80 bits per heavy atom. The Kier molecular flexibility index (Phi) is 3.61. The number of hydrazine groups is 1. The van der Waals surface area contributed by atoms with Gasteiger partial charge in [0.05, 0.1) is 5.52 Å². The number of anilines is 1. The van der Waals surface area contributed by atoms with Crippen LogP contribution in [0.3, 0.4) is 0 Å². The molecule has 2 N–H and O–H groups in total. The summed E-state index contributed by atoms with van der Waals surface area (Å²) in [5, 5.41) is 1.20. The normalized spacial score (nSPS) is 10.7. The first-order chi connectivity index (χ1) is 9.84. The number of nitrogens with one attached hydrogen (secondary N) is 2. The lowest BCUT2D eigenvalue weighted by atomic mass is 10.0. The van der Waals surface area contributed by atoms with Gasteiger partial charge >= 0.3 is 0 Å². The van der Waals surface area contributed by atoms with Gasteiger partial charge in [-0.3, -0.25) is 4.98 Å². The number of benzene rings is 2. The van der Waals surface area contributed by atoms with Crippen LogP contribution in [0.1, 0.15) is 11.1 Å². The van der Waals surface area contributed by atoms with E-state index in [2.05, 4.69) is 41.0 Å². The maximum Gasteiger partial charge on any atom is 0.0734 e. The largest absolute Gasteiger partial charge is 0.321 e. The minimum absolute atomic E-state index is 0.747. The molecule has 1 heterocycles. The number of fused-ring (bicyclic) bond motifs is 1. The number of para-hydroxylation sites is 1. The van der Waals surface area contributed by atoms with E-state index in [4.69, 9.17) is 0 Å². The zero-order valence-corrected chi connectivity index (χ0v) is 11.4. The van der Waals surface area contributed by atoms with Crippen molar-refractivity contribution in [3.63, 3.8) is 0 Å². The minimum Gasteiger partial charge on any atom is -0.321 e. The van der Waals surface area contributed by atoms with E-state index in [-0.39, 0.29) is 0 Å². The van der Waals surface area contributed by atoms with Crippen molar-refractivity contribution in [2.75, 3.05) is 5.43 Å². The molecule has 0 bridgehead atoms. The highest BCUT2D eigenvalue weighted by molar-refractivity contribution is 5.84. The minimum atomic E-state index is 0.747. The zero-order chi connectivity index (χ0) is 13.8. The SMILES string of the molecule is Cc1ccc(CNNc2ccccc2)c2cccnc12. The lowest BCUT2D eigenvalue weighted by molar-refractivity contribution is 0.806. The van der Waals surface area contributed by atoms with E-state index in [1.165, 1.54) is 16.5 Å². The average molecular weight is 263 g/mol. The van der Waals surface area contributed by atoms with Gasteiger partial charge in [0.2, 0.25) is 0 Å². The molecule has 3 rings (SSSR count). The van der Waals surface area contributed by atoms with Crippen LogP contribution in [0.25, 0.3) is 10.9 Å². The first kappa shape index (κ1) is 12.6. The predicted molar refractivity (Wildman–Crippen MR) is 83.4 cm³/mol. The van der Waals surface area contributed by atoms with E-state index in [0.717, 1.165) is 17.7 Å². The Balaban J connectivity index is 1.77. The molecule has 3 nitrogen and oxygen atoms in total. The van der Waals surface area contributed by atoms with Gasteiger partial charge in [0.15, 0.2) is 0 Å². The Morgan fingerprint density at radius 1 is 0.950 bits per heavy atom. The summed E-state index contributed by atoms with van der Waals surface area (Å²) in [6.45, 7) is 2.84. The topological polar surface area (TPSA) is 37.0 Å². The average Bonchev–Trinajstić information content (AvgIpc) is 2.51. The number of aromatic nitrogens is 1. The van der Waals surface area contributed by atoms with Gasteiger partial charge in [-0.2, -0.15) is 0 Å². The number of rotatable bonds is 4. The molecule has 3 aromatic rings. The van der Waals surface area contributed by atoms with Crippen molar-refractivity contribution in [2.45, 2.75) is 13.5 Å². The summed E-state index contributed by atoms with van der Waals surface area (Å²) >= 11 is 0. The molecule has 0 unspecified atom stereocenters. The van der Waals surface area contributed by atoms with Crippen molar-refractivity contribution in [1.29, 1.82) is 0 Å². The fourth-order valence-corrected chi connectivity index (χ4v) is 2.29. The molecule has 0 aliphatic rings. The van der Waals surface area contributed by atoms with E-state index in [1.54, 1.807) is 0 Å². The monoisotopic (exact) mass is 263 g/mol. The molecule has 0 atom stereocenters. The summed E-state index contributed by atoms with van der Waals surface area (Å²) < 4.78 is 0. The van der Waals surface area contributed by atoms with E-state index in [9.17, 15) is 0 Å². The zero-order valence-electron chi connectivity index (χ0n) is 11.4. The highest BCUT2D eigenvalue weighted by atomic mass is 15.3. The third kappa shape index (κ3) is 2.63. The highest BCUT2D eigenvalue weighted by Crippen LogP contribution is 2.20. The standard InChI is InChI=1S/C17H17N3/c1-13-9-10-14(16-8-5-11-18-17(13)16)12-19-20-15-6-3-2-4-7-15/h2-11,19-20H,12H2,1H3. The van der Waals surface area contributed by atoms with E-state index < -0.39 is 0 Å². The molecule has 20 heavy (non-hydrogen) atoms. The van der Waals surface area contributed by atoms with Crippen LogP contribution in [0, 0.1) is 6.92 Å². The predicted octanol–water partition coefficient (Wildman–Crippen LogP) is 3.66. The molecule has 3 heteroatoms. The lowest BCUT2D eigenvalue weighted by Crippen LogP contribution is -2.20. The Morgan fingerprint density at radius 3 is 2.65 bits per heavy atom. The van der Waals surface area contributed by atoms with Crippen LogP contribution in [0.15, 0.2) is 60.8 Å². The molecule has 0 saturated carbocycles. The van der Waals surface area contributed by atoms with Crippen molar-refractivity contribution in [3.8, 4) is 0 Å². The Hall–Kier alpha value is -2.39. The van der Waals surface area contributed by atoms with Crippen LogP contribution in [-0.2, 0) is 6.54 Å². The third-order valence-electron chi connectivity index (χ3n) is 3.35. The number of nitrogens with zero attached hydrogens (tertiary/aromatic N) is 1. The smallest absolute Gasteiger partial charge is 0.0734 e. The summed E-state index contributed by atoms with van der Waals surface area (Å²) in [4.78, 5) is 4.46. The number of hydrogen-bond acceptors (Lipinski definition) is 3. The molecule has 0 spiro atoms. The fourth-order valence-electron chi connectivity index (χ4n) is 2.29. The molecule has 2 aromatic carbocycles. The maximum absolute atomic E-state index is 4.46. The Labute approximate surface area is 118 Å². The Bertz CT molecular complexity index is 708. The molecule has 1 aromatic heterocycles. The van der Waals surface area contributed by atoms with Crippen LogP contribution >= 0.6 is 0 Å². The van der Waals surface area contributed by atoms with Crippen molar-refractivity contribution >= 4 is 16.6 Å². The van der Waals surface area contributed by atoms with Gasteiger partial charge in [0.25, 0.3) is 0 Å². The van der Waals surface area contributed by atoms with Gasteiger partial charge in [0.1, 0.15) is 0 Å². The molecule has 0 amide bonds. The molecule has 0 radical (unpaired) electrons. The molecular weight excluding hydrogens is 246 g/mol. The first-order valence-electron chi connectivity index (χ1n) is 6.72. The molecule has 0 fully saturated rings. The lowest BCUT2D eigenvalue weighted by Gasteiger charge is -2.11. The van der Waals surface area contributed by atoms with E-state index >= 15 is 0 Å². The summed E-state index contributed by atoms with van der Waals surface area (Å²) in [5.41, 5.74) is 11.0. The summed E-state index contributed by atoms with van der Waals surface area (Å²) in [6.07, 6.45) is 1.84. The van der Waals surface area contributed by atoms with E-state index in [0.29, 0.717) is 0 Å². The third-order valence-corrected chi connectivity index (χ3v) is 3.35. The van der Waals surface area contributed by atoms with Crippen LogP contribution in [0.4, 0.5) is 5.69 Å². The van der Waals surface area contributed by atoms with Crippen molar-refractivity contribution in [3.05, 3.63) is 71.9 Å².